The van der Waals surface area contributed by atoms with Crippen LogP contribution in [0.1, 0.15) is 30.1 Å². The van der Waals surface area contributed by atoms with Gasteiger partial charge in [0.15, 0.2) is 11.5 Å². The Labute approximate surface area is 167 Å². The van der Waals surface area contributed by atoms with Crippen molar-refractivity contribution in [2.24, 2.45) is 0 Å². The van der Waals surface area contributed by atoms with E-state index in [4.69, 9.17) is 28.1 Å². The van der Waals surface area contributed by atoms with E-state index in [0.717, 1.165) is 16.5 Å². The molecule has 3 aromatic rings. The number of methoxy groups -OCH3 is 2. The van der Waals surface area contributed by atoms with Gasteiger partial charge in [0.25, 0.3) is 0 Å². The Morgan fingerprint density at radius 3 is 2.62 bits per heavy atom. The fourth-order valence-electron chi connectivity index (χ4n) is 4.25. The number of fused-ring (bicyclic) bond motifs is 6. The number of hydrogen-bond acceptors (Lipinski definition) is 7. The molecule has 3 atom stereocenters. The van der Waals surface area contributed by atoms with Crippen LogP contribution in [0.3, 0.4) is 0 Å². The Bertz CT molecular complexity index is 1100. The first-order chi connectivity index (χ1) is 14.1. The maximum atomic E-state index is 12.0. The van der Waals surface area contributed by atoms with E-state index in [2.05, 4.69) is 0 Å². The number of ether oxygens (including phenoxy) is 5. The van der Waals surface area contributed by atoms with Gasteiger partial charge in [0.2, 0.25) is 0 Å². The molecule has 0 spiro atoms. The van der Waals surface area contributed by atoms with Crippen LogP contribution in [0.25, 0.3) is 11.0 Å². The molecule has 0 fully saturated rings. The largest absolute Gasteiger partial charge is 0.493 e. The summed E-state index contributed by atoms with van der Waals surface area (Å²) in [6.07, 6.45) is 0.754. The van der Waals surface area contributed by atoms with E-state index in [1.807, 2.05) is 24.3 Å². The zero-order valence-corrected chi connectivity index (χ0v) is 16.3. The van der Waals surface area contributed by atoms with Crippen molar-refractivity contribution in [2.75, 3.05) is 20.8 Å². The Morgan fingerprint density at radius 2 is 1.86 bits per heavy atom. The van der Waals surface area contributed by atoms with E-state index in [1.54, 1.807) is 26.5 Å². The summed E-state index contributed by atoms with van der Waals surface area (Å²) in [6.45, 7) is 1.73. The molecule has 7 heteroatoms. The van der Waals surface area contributed by atoms with Crippen molar-refractivity contribution in [1.29, 1.82) is 0 Å². The normalized spacial score (nSPS) is 21.8. The Kier molecular flexibility index (Phi) is 4.04. The van der Waals surface area contributed by atoms with Crippen LogP contribution in [0.15, 0.2) is 41.0 Å². The highest BCUT2D eigenvalue weighted by Gasteiger charge is 2.46. The van der Waals surface area contributed by atoms with Gasteiger partial charge in [-0.15, -0.1) is 0 Å². The fraction of sp³-hybridized carbons (Fsp3) is 0.318. The summed E-state index contributed by atoms with van der Waals surface area (Å²) in [7, 11) is 3.16. The second-order valence-electron chi connectivity index (χ2n) is 7.08. The zero-order valence-electron chi connectivity index (χ0n) is 16.3. The van der Waals surface area contributed by atoms with Crippen molar-refractivity contribution in [3.63, 3.8) is 0 Å². The van der Waals surface area contributed by atoms with Crippen molar-refractivity contribution >= 4 is 16.9 Å². The maximum absolute atomic E-state index is 12.0. The summed E-state index contributed by atoms with van der Waals surface area (Å²) in [5.74, 6) is 1.87. The third kappa shape index (κ3) is 2.68. The predicted molar refractivity (Wildman–Crippen MR) is 103 cm³/mol. The lowest BCUT2D eigenvalue weighted by Gasteiger charge is -2.42. The minimum Gasteiger partial charge on any atom is -0.493 e. The van der Waals surface area contributed by atoms with E-state index in [0.29, 0.717) is 35.2 Å². The fourth-order valence-corrected chi connectivity index (χ4v) is 4.25. The molecule has 0 bridgehead atoms. The monoisotopic (exact) mass is 396 g/mol. The Balaban J connectivity index is 1.70. The molecule has 1 aromatic heterocycles. The molecule has 29 heavy (non-hydrogen) atoms. The quantitative estimate of drug-likeness (QED) is 0.620. The van der Waals surface area contributed by atoms with Gasteiger partial charge in [0, 0.05) is 24.1 Å². The molecule has 5 rings (SSSR count). The third-order valence-electron chi connectivity index (χ3n) is 5.49. The summed E-state index contributed by atoms with van der Waals surface area (Å²) in [6, 6.07) is 9.27. The standard InChI is InChI=1S/C22H20O7/c1-11(23)28-22-13-4-5-15-12(6-7-26-15)21(13)29-19-10-27-16-9-18(25-3)17(24-2)8-14(16)20(19)22/h4-9,19-20,22H,10H2,1-3H3/t19-,20+,22-/m0/s1. The average Bonchev–Trinajstić information content (AvgIpc) is 3.21. The maximum Gasteiger partial charge on any atom is 0.303 e. The van der Waals surface area contributed by atoms with Gasteiger partial charge in [-0.1, -0.05) is 0 Å². The van der Waals surface area contributed by atoms with Gasteiger partial charge >= 0.3 is 5.97 Å². The van der Waals surface area contributed by atoms with Crippen LogP contribution in [0.4, 0.5) is 0 Å². The highest BCUT2D eigenvalue weighted by molar-refractivity contribution is 5.86. The van der Waals surface area contributed by atoms with Crippen LogP contribution in [0, 0.1) is 0 Å². The molecule has 0 amide bonds. The molecule has 0 N–H and O–H groups in total. The molecular formula is C22H20O7. The molecule has 0 aliphatic carbocycles. The second-order valence-corrected chi connectivity index (χ2v) is 7.08. The number of carbonyl (C=O) groups is 1. The van der Waals surface area contributed by atoms with Gasteiger partial charge in [-0.3, -0.25) is 4.79 Å². The number of rotatable bonds is 3. The lowest BCUT2D eigenvalue weighted by molar-refractivity contribution is -0.151. The second kappa shape index (κ2) is 6.62. The highest BCUT2D eigenvalue weighted by atomic mass is 16.6. The molecule has 0 radical (unpaired) electrons. The first kappa shape index (κ1) is 17.7. The zero-order chi connectivity index (χ0) is 20.1. The van der Waals surface area contributed by atoms with Crippen molar-refractivity contribution in [1.82, 2.24) is 0 Å². The smallest absolute Gasteiger partial charge is 0.303 e. The van der Waals surface area contributed by atoms with Crippen molar-refractivity contribution in [2.45, 2.75) is 25.0 Å². The average molecular weight is 396 g/mol. The van der Waals surface area contributed by atoms with Gasteiger partial charge in [-0.05, 0) is 24.3 Å². The van der Waals surface area contributed by atoms with E-state index in [9.17, 15) is 4.79 Å². The van der Waals surface area contributed by atoms with Crippen LogP contribution in [-0.2, 0) is 9.53 Å². The molecule has 0 unspecified atom stereocenters. The Hall–Kier alpha value is -3.35. The minimum absolute atomic E-state index is 0.251. The number of esters is 1. The van der Waals surface area contributed by atoms with Crippen LogP contribution in [-0.4, -0.2) is 32.9 Å². The molecule has 2 aliphatic rings. The van der Waals surface area contributed by atoms with Crippen LogP contribution in [0.2, 0.25) is 0 Å². The van der Waals surface area contributed by atoms with Crippen molar-refractivity contribution in [3.8, 4) is 23.0 Å². The molecule has 7 nitrogen and oxygen atoms in total. The summed E-state index contributed by atoms with van der Waals surface area (Å²) in [5, 5.41) is 0.844. The minimum atomic E-state index is -0.527. The third-order valence-corrected chi connectivity index (χ3v) is 5.49. The van der Waals surface area contributed by atoms with Crippen LogP contribution < -0.4 is 18.9 Å². The topological polar surface area (TPSA) is 76.4 Å². The highest BCUT2D eigenvalue weighted by Crippen LogP contribution is 2.53. The number of carbonyl (C=O) groups excluding carboxylic acids is 1. The number of furan rings is 1. The van der Waals surface area contributed by atoms with Gasteiger partial charge < -0.3 is 28.1 Å². The lowest BCUT2D eigenvalue weighted by atomic mass is 9.80. The first-order valence-electron chi connectivity index (χ1n) is 9.33. The first-order valence-corrected chi connectivity index (χ1v) is 9.33. The van der Waals surface area contributed by atoms with E-state index in [-0.39, 0.29) is 18.0 Å². The van der Waals surface area contributed by atoms with Crippen LogP contribution in [0.5, 0.6) is 23.0 Å². The molecule has 3 heterocycles. The summed E-state index contributed by atoms with van der Waals surface area (Å²) in [4.78, 5) is 12.0. The molecule has 0 saturated heterocycles. The summed E-state index contributed by atoms with van der Waals surface area (Å²) in [5.41, 5.74) is 2.37. The van der Waals surface area contributed by atoms with E-state index >= 15 is 0 Å². The van der Waals surface area contributed by atoms with Crippen molar-refractivity contribution in [3.05, 3.63) is 47.7 Å². The Morgan fingerprint density at radius 1 is 1.07 bits per heavy atom. The number of hydrogen-bond donors (Lipinski definition) is 0. The molecular weight excluding hydrogens is 376 g/mol. The molecule has 0 saturated carbocycles. The lowest BCUT2D eigenvalue weighted by Crippen LogP contribution is -2.42. The summed E-state index contributed by atoms with van der Waals surface area (Å²) < 4.78 is 34.5. The molecule has 150 valence electrons. The van der Waals surface area contributed by atoms with Crippen molar-refractivity contribution < 1.29 is 32.9 Å². The summed E-state index contributed by atoms with van der Waals surface area (Å²) >= 11 is 0. The SMILES string of the molecule is COc1cc2c(cc1OC)[C@@H]1[C@H](CO2)Oc2c(ccc3occc23)[C@@H]1OC(C)=O. The molecule has 2 aromatic carbocycles. The number of benzene rings is 2. The van der Waals surface area contributed by atoms with Crippen LogP contribution >= 0.6 is 0 Å². The van der Waals surface area contributed by atoms with Gasteiger partial charge in [0.1, 0.15) is 35.9 Å². The van der Waals surface area contributed by atoms with E-state index < -0.39 is 6.10 Å². The van der Waals surface area contributed by atoms with Gasteiger partial charge in [-0.25, -0.2) is 0 Å². The van der Waals surface area contributed by atoms with E-state index in [1.165, 1.54) is 6.92 Å². The van der Waals surface area contributed by atoms with Gasteiger partial charge in [0.05, 0.1) is 31.8 Å². The predicted octanol–water partition coefficient (Wildman–Crippen LogP) is 3.99. The molecule has 2 aliphatic heterocycles. The van der Waals surface area contributed by atoms with Gasteiger partial charge in [-0.2, -0.15) is 0 Å².